The van der Waals surface area contributed by atoms with Crippen LogP contribution in [0.4, 0.5) is 0 Å². The fourth-order valence-electron chi connectivity index (χ4n) is 1.84. The van der Waals surface area contributed by atoms with Crippen LogP contribution in [0.25, 0.3) is 0 Å². The second kappa shape index (κ2) is 56.7. The minimum atomic E-state index is -1.89. The Bertz CT molecular complexity index is 948. The van der Waals surface area contributed by atoms with Gasteiger partial charge in [-0.05, 0) is 65.8 Å². The monoisotopic (exact) mass is 882 g/mol. The third-order valence-corrected chi connectivity index (χ3v) is 15.1. The van der Waals surface area contributed by atoms with Gasteiger partial charge in [0.05, 0.1) is 10.1 Å². The zero-order chi connectivity index (χ0) is 35.4. The largest absolute Gasteiger partial charge is 1.00 e. The summed E-state index contributed by atoms with van der Waals surface area (Å²) in [5, 5.41) is -0.130. The van der Waals surface area contributed by atoms with Gasteiger partial charge >= 0.3 is 94.3 Å². The SMILES string of the molecule is C.C.C.CC#C[Si](C)(C)O[Si](C)(C)C.C[Si](C)(Cl)O[Si](C)(C)Cl.ClC(Cl)=C(Cl)C(Cl)=C(Cl)Cl.[C-]#CC#[C-].[C-]#CC#[C-].[CH2-]CCC.[Li+].[Li+].[Li+].[Li+].[Li+]. The molecule has 0 aliphatic carbocycles. The van der Waals surface area contributed by atoms with Crippen molar-refractivity contribution in [2.45, 2.75) is 108 Å². The molecule has 0 aromatic carbocycles. The van der Waals surface area contributed by atoms with E-state index >= 15 is 0 Å². The molecule has 0 unspecified atom stereocenters. The van der Waals surface area contributed by atoms with Crippen molar-refractivity contribution in [3.63, 3.8) is 0 Å². The van der Waals surface area contributed by atoms with E-state index in [-0.39, 0.29) is 136 Å². The van der Waals surface area contributed by atoms with Gasteiger partial charge in [-0.1, -0.05) is 111 Å². The molecule has 0 aliphatic heterocycles. The summed E-state index contributed by atoms with van der Waals surface area (Å²) in [5.41, 5.74) is 3.18. The van der Waals surface area contributed by atoms with E-state index < -0.39 is 31.9 Å². The fraction of sp³-hybridized carbons (Fsp3) is 0.516. The number of hydrogen-bond acceptors (Lipinski definition) is 2. The first kappa shape index (κ1) is 94.4. The fourth-order valence-corrected chi connectivity index (χ4v) is 18.0. The average molecular weight is 886 g/mol. The van der Waals surface area contributed by atoms with Gasteiger partial charge in [0.1, 0.15) is 8.98 Å². The normalized spacial score (nSPS) is 8.00. The van der Waals surface area contributed by atoms with E-state index in [9.17, 15) is 0 Å². The molecule has 0 bridgehead atoms. The van der Waals surface area contributed by atoms with Crippen molar-refractivity contribution in [3.8, 4) is 35.1 Å². The van der Waals surface area contributed by atoms with Crippen molar-refractivity contribution in [2.75, 3.05) is 0 Å². The van der Waals surface area contributed by atoms with Crippen molar-refractivity contribution in [1.82, 2.24) is 0 Å². The molecule has 19 heteroatoms. The van der Waals surface area contributed by atoms with E-state index in [0.717, 1.165) is 6.42 Å². The van der Waals surface area contributed by atoms with E-state index in [4.69, 9.17) is 126 Å². The quantitative estimate of drug-likeness (QED) is 0.114. The number of rotatable bonds is 6. The van der Waals surface area contributed by atoms with Crippen molar-refractivity contribution in [1.29, 1.82) is 0 Å². The molecule has 0 aromatic rings. The van der Waals surface area contributed by atoms with Crippen LogP contribution in [0, 0.1) is 67.8 Å². The third-order valence-electron chi connectivity index (χ3n) is 2.48. The Morgan fingerprint density at radius 3 is 0.880 bits per heavy atom. The maximum atomic E-state index is 5.97. The van der Waals surface area contributed by atoms with Crippen LogP contribution in [0.3, 0.4) is 0 Å². The summed E-state index contributed by atoms with van der Waals surface area (Å²) in [6.45, 7) is 26.2. The molecule has 0 atom stereocenters. The minimum Gasteiger partial charge on any atom is -0.500 e. The molecular formula is C31H51Cl8Li5O2Si4. The molecular weight excluding hydrogens is 835 g/mol. The predicted molar refractivity (Wildman–Crippen MR) is 221 cm³/mol. The van der Waals surface area contributed by atoms with Gasteiger partial charge in [-0.25, -0.2) is 0 Å². The Hall–Kier alpha value is 3.37. The molecule has 0 aromatic heterocycles. The number of unbranched alkanes of at least 4 members (excludes halogenated alkanes) is 1. The second-order valence-electron chi connectivity index (χ2n) is 9.43. The molecule has 0 saturated carbocycles. The first-order chi connectivity index (χ1) is 18.7. The molecule has 0 rings (SSSR count). The predicted octanol–water partition coefficient (Wildman–Crippen LogP) is -0.872. The maximum absolute atomic E-state index is 5.97. The zero-order valence-electron chi connectivity index (χ0n) is 31.0. The van der Waals surface area contributed by atoms with Gasteiger partial charge in [0.25, 0.3) is 23.6 Å². The molecule has 0 heterocycles. The molecule has 0 aliphatic rings. The molecule has 264 valence electrons. The number of allylic oxidation sites excluding steroid dienone is 2. The third kappa shape index (κ3) is 110. The Balaban J connectivity index is -0.0000000262. The first-order valence-corrected chi connectivity index (χ1v) is 28.2. The Morgan fingerprint density at radius 2 is 0.800 bits per heavy atom. The van der Waals surface area contributed by atoms with Crippen LogP contribution >= 0.6 is 91.8 Å². The van der Waals surface area contributed by atoms with Gasteiger partial charge in [0.2, 0.25) is 0 Å². The summed E-state index contributed by atoms with van der Waals surface area (Å²) >= 11 is 43.6. The van der Waals surface area contributed by atoms with Crippen LogP contribution in [-0.2, 0) is 8.23 Å². The number of hydrogen-bond donors (Lipinski definition) is 0. The zero-order valence-corrected chi connectivity index (χ0v) is 41.0. The summed E-state index contributed by atoms with van der Waals surface area (Å²) in [4.78, 5) is 0. The van der Waals surface area contributed by atoms with E-state index in [1.54, 1.807) is 23.7 Å². The van der Waals surface area contributed by atoms with E-state index in [2.05, 4.69) is 58.0 Å². The van der Waals surface area contributed by atoms with Crippen molar-refractivity contribution in [2.24, 2.45) is 0 Å². The van der Waals surface area contributed by atoms with Crippen LogP contribution in [0.2, 0.25) is 58.9 Å². The standard InChI is InChI=1S/C8H18OSi2.C4Cl6.C4H12Cl2OSi2.C4H9.2C4.3CH4.5Li/c1-7-8-11(5,6)9-10(2,3)4;5-1(3(7)8)2(6)4(9)10;1-8(2,5)7-9(3,4)6;3*1-3-4-2;;;;;;;;/h1-6H3;;1-4H3;1,3-4H2,2H3;;;3*1H4;;;;;/q;;;-1;2*-2;;;;5*+1. The summed E-state index contributed by atoms with van der Waals surface area (Å²) in [6, 6.07) is 0. The van der Waals surface area contributed by atoms with Crippen LogP contribution in [0.15, 0.2) is 19.0 Å². The Morgan fingerprint density at radius 1 is 0.580 bits per heavy atom. The van der Waals surface area contributed by atoms with Crippen molar-refractivity contribution in [3.05, 3.63) is 51.7 Å². The first-order valence-electron chi connectivity index (χ1n) is 11.8. The molecule has 2 nitrogen and oxygen atoms in total. The molecule has 0 saturated heterocycles. The van der Waals surface area contributed by atoms with E-state index in [1.807, 2.05) is 33.1 Å². The van der Waals surface area contributed by atoms with Gasteiger partial charge in [-0.3, -0.25) is 0 Å². The average Bonchev–Trinajstić information content (AvgIpc) is 2.80. The minimum absolute atomic E-state index is 0. The molecule has 0 radical (unpaired) electrons. The van der Waals surface area contributed by atoms with Gasteiger partial charge in [-0.15, -0.1) is 28.1 Å². The molecule has 0 spiro atoms. The van der Waals surface area contributed by atoms with Gasteiger partial charge in [0, 0.05) is 0 Å². The molecule has 50 heavy (non-hydrogen) atoms. The van der Waals surface area contributed by atoms with Gasteiger partial charge in [0.15, 0.2) is 8.32 Å². The topological polar surface area (TPSA) is 18.5 Å². The number of halogens is 8. The summed E-state index contributed by atoms with van der Waals surface area (Å²) in [7, 11) is -6.79. The Kier molecular flexibility index (Phi) is 107. The smallest absolute Gasteiger partial charge is 0.500 e. The van der Waals surface area contributed by atoms with Crippen molar-refractivity contribution < 1.29 is 103 Å². The van der Waals surface area contributed by atoms with E-state index in [1.165, 1.54) is 6.42 Å². The van der Waals surface area contributed by atoms with Crippen LogP contribution in [0.5, 0.6) is 0 Å². The van der Waals surface area contributed by atoms with Crippen LogP contribution in [-0.4, -0.2) is 31.9 Å². The second-order valence-corrected chi connectivity index (χ2v) is 32.1. The van der Waals surface area contributed by atoms with E-state index in [0.29, 0.717) is 0 Å². The van der Waals surface area contributed by atoms with Crippen molar-refractivity contribution >= 4 is 124 Å². The molecule has 0 N–H and O–H groups in total. The molecule has 0 fully saturated rings. The van der Waals surface area contributed by atoms with Gasteiger partial charge < -0.3 is 64.5 Å². The summed E-state index contributed by atoms with van der Waals surface area (Å²) in [6.07, 6.45) is 25.9. The Labute approximate surface area is 415 Å². The summed E-state index contributed by atoms with van der Waals surface area (Å²) in [5.74, 6) is 9.33. The maximum Gasteiger partial charge on any atom is 1.00 e. The molecule has 0 amide bonds. The van der Waals surface area contributed by atoms with Crippen LogP contribution < -0.4 is 94.3 Å². The van der Waals surface area contributed by atoms with Crippen LogP contribution in [0.1, 0.15) is 49.0 Å². The van der Waals surface area contributed by atoms with Gasteiger partial charge in [-0.2, -0.15) is 6.42 Å². The summed E-state index contributed by atoms with van der Waals surface area (Å²) < 4.78 is 11.1.